The second-order valence-corrected chi connectivity index (χ2v) is 3.69. The van der Waals surface area contributed by atoms with Crippen LogP contribution < -0.4 is 10.6 Å². The maximum Gasteiger partial charge on any atom is 0.270 e. The van der Waals surface area contributed by atoms with Crippen molar-refractivity contribution >= 4 is 11.6 Å². The van der Waals surface area contributed by atoms with Gasteiger partial charge in [0.15, 0.2) is 0 Å². The van der Waals surface area contributed by atoms with Gasteiger partial charge in [-0.1, -0.05) is 6.07 Å². The predicted molar refractivity (Wildman–Crippen MR) is 69.2 cm³/mol. The predicted octanol–water partition coefficient (Wildman–Crippen LogP) is 1.45. The SMILES string of the molecule is CNc1ccc(C(=O)NCc2ccccn2)nc1. The van der Waals surface area contributed by atoms with E-state index in [0.717, 1.165) is 11.4 Å². The Balaban J connectivity index is 1.95. The molecular formula is C13H14N4O. The van der Waals surface area contributed by atoms with Gasteiger partial charge >= 0.3 is 0 Å². The molecular weight excluding hydrogens is 228 g/mol. The van der Waals surface area contributed by atoms with Crippen molar-refractivity contribution < 1.29 is 4.79 Å². The summed E-state index contributed by atoms with van der Waals surface area (Å²) in [5.41, 5.74) is 2.08. The number of pyridine rings is 2. The zero-order valence-corrected chi connectivity index (χ0v) is 10.1. The summed E-state index contributed by atoms with van der Waals surface area (Å²) in [6, 6.07) is 9.07. The Morgan fingerprint density at radius 3 is 2.72 bits per heavy atom. The van der Waals surface area contributed by atoms with Gasteiger partial charge in [0.25, 0.3) is 5.91 Å². The molecule has 0 aliphatic heterocycles. The monoisotopic (exact) mass is 242 g/mol. The molecule has 0 radical (unpaired) electrons. The molecule has 0 atom stereocenters. The topological polar surface area (TPSA) is 66.9 Å². The molecule has 2 aromatic rings. The summed E-state index contributed by atoms with van der Waals surface area (Å²) in [4.78, 5) is 20.0. The van der Waals surface area contributed by atoms with E-state index < -0.39 is 0 Å². The van der Waals surface area contributed by atoms with Crippen molar-refractivity contribution in [3.05, 3.63) is 54.1 Å². The molecule has 0 saturated heterocycles. The van der Waals surface area contributed by atoms with E-state index in [4.69, 9.17) is 0 Å². The fourth-order valence-corrected chi connectivity index (χ4v) is 1.44. The van der Waals surface area contributed by atoms with E-state index in [1.807, 2.05) is 24.3 Å². The number of amides is 1. The van der Waals surface area contributed by atoms with Gasteiger partial charge in [-0.25, -0.2) is 4.98 Å². The number of carbonyl (C=O) groups excluding carboxylic acids is 1. The van der Waals surface area contributed by atoms with Crippen LogP contribution in [0.1, 0.15) is 16.2 Å². The number of nitrogens with one attached hydrogen (secondary N) is 2. The van der Waals surface area contributed by atoms with Crippen molar-refractivity contribution in [2.45, 2.75) is 6.54 Å². The van der Waals surface area contributed by atoms with Crippen LogP contribution in [0.15, 0.2) is 42.7 Å². The minimum atomic E-state index is -0.205. The molecule has 2 rings (SSSR count). The number of carbonyl (C=O) groups is 1. The molecule has 2 N–H and O–H groups in total. The smallest absolute Gasteiger partial charge is 0.270 e. The van der Waals surface area contributed by atoms with Crippen molar-refractivity contribution in [1.29, 1.82) is 0 Å². The second-order valence-electron chi connectivity index (χ2n) is 3.69. The number of anilines is 1. The molecule has 1 amide bonds. The fraction of sp³-hybridized carbons (Fsp3) is 0.154. The quantitative estimate of drug-likeness (QED) is 0.851. The highest BCUT2D eigenvalue weighted by atomic mass is 16.1. The Morgan fingerprint density at radius 1 is 1.22 bits per heavy atom. The first-order chi connectivity index (χ1) is 8.79. The van der Waals surface area contributed by atoms with Crippen molar-refractivity contribution in [1.82, 2.24) is 15.3 Å². The molecule has 0 aliphatic rings. The van der Waals surface area contributed by atoms with E-state index in [1.165, 1.54) is 0 Å². The van der Waals surface area contributed by atoms with Crippen LogP contribution in [0.25, 0.3) is 0 Å². The number of rotatable bonds is 4. The average molecular weight is 242 g/mol. The summed E-state index contributed by atoms with van der Waals surface area (Å²) >= 11 is 0. The van der Waals surface area contributed by atoms with Gasteiger partial charge in [0, 0.05) is 13.2 Å². The number of nitrogens with zero attached hydrogens (tertiary/aromatic N) is 2. The van der Waals surface area contributed by atoms with E-state index in [0.29, 0.717) is 12.2 Å². The van der Waals surface area contributed by atoms with Gasteiger partial charge in [-0.15, -0.1) is 0 Å². The third-order valence-corrected chi connectivity index (χ3v) is 2.44. The van der Waals surface area contributed by atoms with Crippen molar-refractivity contribution in [3.8, 4) is 0 Å². The number of hydrogen-bond acceptors (Lipinski definition) is 4. The minimum absolute atomic E-state index is 0.205. The van der Waals surface area contributed by atoms with Crippen LogP contribution in [-0.2, 0) is 6.54 Å². The molecule has 0 unspecified atom stereocenters. The lowest BCUT2D eigenvalue weighted by Gasteiger charge is -2.05. The zero-order chi connectivity index (χ0) is 12.8. The van der Waals surface area contributed by atoms with Crippen LogP contribution in [0.3, 0.4) is 0 Å². The highest BCUT2D eigenvalue weighted by molar-refractivity contribution is 5.92. The van der Waals surface area contributed by atoms with Gasteiger partial charge in [0.1, 0.15) is 5.69 Å². The lowest BCUT2D eigenvalue weighted by molar-refractivity contribution is 0.0945. The third kappa shape index (κ3) is 3.04. The molecule has 2 aromatic heterocycles. The van der Waals surface area contributed by atoms with Gasteiger partial charge in [0.2, 0.25) is 0 Å². The lowest BCUT2D eigenvalue weighted by Crippen LogP contribution is -2.24. The van der Waals surface area contributed by atoms with Crippen molar-refractivity contribution in [3.63, 3.8) is 0 Å². The molecule has 0 fully saturated rings. The van der Waals surface area contributed by atoms with Gasteiger partial charge in [-0.3, -0.25) is 9.78 Å². The average Bonchev–Trinajstić information content (AvgIpc) is 2.46. The molecule has 5 nitrogen and oxygen atoms in total. The van der Waals surface area contributed by atoms with Crippen LogP contribution in [0.5, 0.6) is 0 Å². The summed E-state index contributed by atoms with van der Waals surface area (Å²) in [6.45, 7) is 0.398. The van der Waals surface area contributed by atoms with Crippen LogP contribution in [-0.4, -0.2) is 22.9 Å². The molecule has 0 bridgehead atoms. The molecule has 0 saturated carbocycles. The normalized spacial score (nSPS) is 9.83. The molecule has 0 aliphatic carbocycles. The molecule has 0 aromatic carbocycles. The Morgan fingerprint density at radius 2 is 2.11 bits per heavy atom. The summed E-state index contributed by atoms with van der Waals surface area (Å²) < 4.78 is 0. The highest BCUT2D eigenvalue weighted by Gasteiger charge is 2.06. The van der Waals surface area contributed by atoms with E-state index in [9.17, 15) is 4.79 Å². The largest absolute Gasteiger partial charge is 0.387 e. The Labute approximate surface area is 105 Å². The van der Waals surface area contributed by atoms with Crippen molar-refractivity contribution in [2.24, 2.45) is 0 Å². The number of aromatic nitrogens is 2. The summed E-state index contributed by atoms with van der Waals surface area (Å²) in [7, 11) is 1.80. The minimum Gasteiger partial charge on any atom is -0.387 e. The van der Waals surface area contributed by atoms with E-state index in [-0.39, 0.29) is 5.91 Å². The van der Waals surface area contributed by atoms with Crippen LogP contribution in [0, 0.1) is 0 Å². The van der Waals surface area contributed by atoms with Gasteiger partial charge in [-0.05, 0) is 24.3 Å². The molecule has 18 heavy (non-hydrogen) atoms. The first-order valence-electron chi connectivity index (χ1n) is 5.61. The van der Waals surface area contributed by atoms with Gasteiger partial charge in [0.05, 0.1) is 24.1 Å². The van der Waals surface area contributed by atoms with E-state index in [2.05, 4.69) is 20.6 Å². The molecule has 0 spiro atoms. The third-order valence-electron chi connectivity index (χ3n) is 2.44. The first-order valence-corrected chi connectivity index (χ1v) is 5.61. The van der Waals surface area contributed by atoms with E-state index >= 15 is 0 Å². The van der Waals surface area contributed by atoms with Crippen LogP contribution >= 0.6 is 0 Å². The van der Waals surface area contributed by atoms with Gasteiger partial charge < -0.3 is 10.6 Å². The maximum absolute atomic E-state index is 11.8. The standard InChI is InChI=1S/C13H14N4O/c1-14-10-5-6-12(16-8-10)13(18)17-9-11-4-2-3-7-15-11/h2-8,14H,9H2,1H3,(H,17,18). The summed E-state index contributed by atoms with van der Waals surface area (Å²) in [5, 5.41) is 5.72. The summed E-state index contributed by atoms with van der Waals surface area (Å²) in [5.74, 6) is -0.205. The van der Waals surface area contributed by atoms with Crippen LogP contribution in [0.2, 0.25) is 0 Å². The molecule has 5 heteroatoms. The number of hydrogen-bond donors (Lipinski definition) is 2. The van der Waals surface area contributed by atoms with Crippen LogP contribution in [0.4, 0.5) is 5.69 Å². The molecule has 92 valence electrons. The maximum atomic E-state index is 11.8. The first kappa shape index (κ1) is 12.0. The second kappa shape index (κ2) is 5.77. The Kier molecular flexibility index (Phi) is 3.86. The Bertz CT molecular complexity index is 510. The highest BCUT2D eigenvalue weighted by Crippen LogP contribution is 2.04. The van der Waals surface area contributed by atoms with Crippen molar-refractivity contribution in [2.75, 3.05) is 12.4 Å². The fourth-order valence-electron chi connectivity index (χ4n) is 1.44. The lowest BCUT2D eigenvalue weighted by atomic mass is 10.3. The zero-order valence-electron chi connectivity index (χ0n) is 10.1. The van der Waals surface area contributed by atoms with E-state index in [1.54, 1.807) is 25.5 Å². The molecule has 2 heterocycles. The summed E-state index contributed by atoms with van der Waals surface area (Å²) in [6.07, 6.45) is 3.32. The van der Waals surface area contributed by atoms with Gasteiger partial charge in [-0.2, -0.15) is 0 Å². The Hall–Kier alpha value is -2.43.